The number of nitrogens with one attached hydrogen (secondary N) is 1. The maximum Gasteiger partial charge on any atom is 0.255 e. The molecule has 1 N–H and O–H groups in total. The Balaban J connectivity index is 1.93. The molecule has 0 saturated carbocycles. The number of carbonyl (C=O) groups excluding carboxylic acids is 1. The number of rotatable bonds is 9. The van der Waals surface area contributed by atoms with Crippen LogP contribution in [0.3, 0.4) is 0 Å². The minimum absolute atomic E-state index is 0.144. The fraction of sp³-hybridized carbons (Fsp3) is 0.389. The van der Waals surface area contributed by atoms with Gasteiger partial charge in [-0.2, -0.15) is 9.41 Å². The molecule has 8 nitrogen and oxygen atoms in total. The molecule has 2 aromatic rings. The van der Waals surface area contributed by atoms with Crippen LogP contribution in [0.2, 0.25) is 0 Å². The van der Waals surface area contributed by atoms with Gasteiger partial charge in [-0.05, 0) is 32.9 Å². The Labute approximate surface area is 169 Å². The number of nitrogens with zero attached hydrogens (tertiary/aromatic N) is 4. The first-order valence-corrected chi connectivity index (χ1v) is 11.1. The molecule has 1 aromatic heterocycles. The highest BCUT2D eigenvalue weighted by Gasteiger charge is 2.22. The number of anilines is 1. The van der Waals surface area contributed by atoms with Crippen molar-refractivity contribution in [3.05, 3.63) is 40.9 Å². The standard InChI is InChI=1S/C18H25N5O3S2/c1-5-23(6-2)18-19-11-15(27-18)12-20-21-17(24)13-22(4)28(25,26)16-9-7-14(3)8-10-16/h7-12H,5-6,13H2,1-4H3,(H,21,24)/b20-12-. The lowest BCUT2D eigenvalue weighted by atomic mass is 10.2. The molecule has 1 amide bonds. The summed E-state index contributed by atoms with van der Waals surface area (Å²) in [7, 11) is -2.37. The van der Waals surface area contributed by atoms with Crippen LogP contribution in [0.15, 0.2) is 40.5 Å². The molecular formula is C18H25N5O3S2. The number of likely N-dealkylation sites (N-methyl/N-ethyl adjacent to an activating group) is 1. The molecule has 0 aliphatic rings. The molecule has 0 unspecified atom stereocenters. The number of benzene rings is 1. The van der Waals surface area contributed by atoms with Gasteiger partial charge in [0.1, 0.15) is 0 Å². The molecule has 10 heteroatoms. The lowest BCUT2D eigenvalue weighted by Gasteiger charge is -2.16. The quantitative estimate of drug-likeness (QED) is 0.492. The van der Waals surface area contributed by atoms with E-state index in [0.29, 0.717) is 0 Å². The summed E-state index contributed by atoms with van der Waals surface area (Å²) >= 11 is 1.47. The van der Waals surface area contributed by atoms with Crippen molar-refractivity contribution in [2.24, 2.45) is 5.10 Å². The number of aryl methyl sites for hydroxylation is 1. The third kappa shape index (κ3) is 5.60. The van der Waals surface area contributed by atoms with E-state index in [1.807, 2.05) is 6.92 Å². The topological polar surface area (TPSA) is 95.0 Å². The van der Waals surface area contributed by atoms with Gasteiger partial charge in [0, 0.05) is 26.3 Å². The summed E-state index contributed by atoms with van der Waals surface area (Å²) in [5.74, 6) is -0.525. The highest BCUT2D eigenvalue weighted by atomic mass is 32.2. The zero-order valence-electron chi connectivity index (χ0n) is 16.4. The van der Waals surface area contributed by atoms with Crippen LogP contribution in [0, 0.1) is 6.92 Å². The summed E-state index contributed by atoms with van der Waals surface area (Å²) in [4.78, 5) is 19.4. The second-order valence-corrected chi connectivity index (χ2v) is 9.17. The molecule has 0 fully saturated rings. The molecule has 2 rings (SSSR count). The van der Waals surface area contributed by atoms with E-state index >= 15 is 0 Å². The summed E-state index contributed by atoms with van der Waals surface area (Å²) < 4.78 is 26.0. The Morgan fingerprint density at radius 2 is 1.89 bits per heavy atom. The van der Waals surface area contributed by atoms with Crippen molar-refractivity contribution in [1.82, 2.24) is 14.7 Å². The summed E-state index contributed by atoms with van der Waals surface area (Å²) in [6.45, 7) is 7.37. The maximum absolute atomic E-state index is 12.5. The van der Waals surface area contributed by atoms with Gasteiger partial charge in [-0.15, -0.1) is 0 Å². The average Bonchev–Trinajstić information content (AvgIpc) is 3.11. The normalized spacial score (nSPS) is 11.9. The van der Waals surface area contributed by atoms with E-state index in [9.17, 15) is 13.2 Å². The number of thiazole rings is 1. The molecule has 0 radical (unpaired) electrons. The Morgan fingerprint density at radius 3 is 2.50 bits per heavy atom. The number of hydrogen-bond donors (Lipinski definition) is 1. The van der Waals surface area contributed by atoms with Crippen LogP contribution >= 0.6 is 11.3 Å². The molecular weight excluding hydrogens is 398 g/mol. The van der Waals surface area contributed by atoms with Crippen LogP contribution in [0.25, 0.3) is 0 Å². The minimum Gasteiger partial charge on any atom is -0.349 e. The molecule has 0 aliphatic heterocycles. The van der Waals surface area contributed by atoms with E-state index < -0.39 is 15.9 Å². The van der Waals surface area contributed by atoms with E-state index in [0.717, 1.165) is 33.0 Å². The van der Waals surface area contributed by atoms with Crippen molar-refractivity contribution in [3.8, 4) is 0 Å². The highest BCUT2D eigenvalue weighted by molar-refractivity contribution is 7.89. The smallest absolute Gasteiger partial charge is 0.255 e. The molecule has 0 saturated heterocycles. The predicted octanol–water partition coefficient (Wildman–Crippen LogP) is 2.07. The first-order chi connectivity index (χ1) is 13.3. The van der Waals surface area contributed by atoms with Crippen molar-refractivity contribution >= 4 is 38.6 Å². The van der Waals surface area contributed by atoms with Crippen LogP contribution in [-0.2, 0) is 14.8 Å². The third-order valence-corrected chi connectivity index (χ3v) is 6.83. The van der Waals surface area contributed by atoms with Crippen molar-refractivity contribution in [1.29, 1.82) is 0 Å². The summed E-state index contributed by atoms with van der Waals surface area (Å²) in [6.07, 6.45) is 3.18. The molecule has 1 heterocycles. The summed E-state index contributed by atoms with van der Waals surface area (Å²) in [6, 6.07) is 6.47. The van der Waals surface area contributed by atoms with Gasteiger partial charge < -0.3 is 4.90 Å². The Kier molecular flexibility index (Phi) is 7.67. The zero-order valence-corrected chi connectivity index (χ0v) is 18.0. The fourth-order valence-corrected chi connectivity index (χ4v) is 4.40. The first kappa shape index (κ1) is 22.0. The summed E-state index contributed by atoms with van der Waals surface area (Å²) in [5, 5.41) is 4.78. The van der Waals surface area contributed by atoms with Gasteiger partial charge in [-0.25, -0.2) is 18.8 Å². The predicted molar refractivity (Wildman–Crippen MR) is 112 cm³/mol. The van der Waals surface area contributed by atoms with Gasteiger partial charge in [0.15, 0.2) is 5.13 Å². The zero-order chi connectivity index (χ0) is 20.7. The van der Waals surface area contributed by atoms with E-state index in [1.54, 1.807) is 18.3 Å². The van der Waals surface area contributed by atoms with Gasteiger partial charge >= 0.3 is 0 Å². The second-order valence-electron chi connectivity index (χ2n) is 6.08. The number of sulfonamides is 1. The van der Waals surface area contributed by atoms with Crippen LogP contribution in [0.1, 0.15) is 24.3 Å². The van der Waals surface area contributed by atoms with Crippen molar-refractivity contribution in [2.75, 3.05) is 31.6 Å². The van der Waals surface area contributed by atoms with E-state index in [2.05, 4.69) is 34.3 Å². The van der Waals surface area contributed by atoms with Gasteiger partial charge in [0.2, 0.25) is 10.0 Å². The van der Waals surface area contributed by atoms with Crippen LogP contribution in [0.5, 0.6) is 0 Å². The van der Waals surface area contributed by atoms with Gasteiger partial charge in [0.25, 0.3) is 5.91 Å². The fourth-order valence-electron chi connectivity index (χ4n) is 2.36. The molecule has 0 spiro atoms. The van der Waals surface area contributed by atoms with E-state index in [1.165, 1.54) is 36.7 Å². The highest BCUT2D eigenvalue weighted by Crippen LogP contribution is 2.20. The average molecular weight is 424 g/mol. The molecule has 0 aliphatic carbocycles. The molecule has 1 aromatic carbocycles. The Bertz CT molecular complexity index is 919. The number of hydrazone groups is 1. The third-order valence-electron chi connectivity index (χ3n) is 4.02. The van der Waals surface area contributed by atoms with Crippen molar-refractivity contribution < 1.29 is 13.2 Å². The van der Waals surface area contributed by atoms with Crippen molar-refractivity contribution in [3.63, 3.8) is 0 Å². The molecule has 0 bridgehead atoms. The van der Waals surface area contributed by atoms with E-state index in [4.69, 9.17) is 0 Å². The molecule has 28 heavy (non-hydrogen) atoms. The van der Waals surface area contributed by atoms with Gasteiger partial charge in [-0.3, -0.25) is 4.79 Å². The van der Waals surface area contributed by atoms with Crippen LogP contribution in [0.4, 0.5) is 5.13 Å². The van der Waals surface area contributed by atoms with Gasteiger partial charge in [0.05, 0.1) is 22.5 Å². The van der Waals surface area contributed by atoms with Crippen LogP contribution in [-0.4, -0.2) is 56.5 Å². The monoisotopic (exact) mass is 423 g/mol. The minimum atomic E-state index is -3.73. The molecule has 152 valence electrons. The van der Waals surface area contributed by atoms with Crippen molar-refractivity contribution in [2.45, 2.75) is 25.7 Å². The summed E-state index contributed by atoms with van der Waals surface area (Å²) in [5.41, 5.74) is 3.31. The number of amides is 1. The number of aromatic nitrogens is 1. The number of hydrogen-bond acceptors (Lipinski definition) is 7. The lowest BCUT2D eigenvalue weighted by molar-refractivity contribution is -0.121. The van der Waals surface area contributed by atoms with E-state index in [-0.39, 0.29) is 11.4 Å². The van der Waals surface area contributed by atoms with Crippen LogP contribution < -0.4 is 10.3 Å². The lowest BCUT2D eigenvalue weighted by Crippen LogP contribution is -2.36. The first-order valence-electron chi connectivity index (χ1n) is 8.83. The Morgan fingerprint density at radius 1 is 1.25 bits per heavy atom. The number of carbonyl (C=O) groups is 1. The second kappa shape index (κ2) is 9.76. The maximum atomic E-state index is 12.5. The van der Waals surface area contributed by atoms with Gasteiger partial charge in [-0.1, -0.05) is 29.0 Å². The molecule has 0 atom stereocenters. The SMILES string of the molecule is CCN(CC)c1ncc(/C=N\NC(=O)CN(C)S(=O)(=O)c2ccc(C)cc2)s1. The Hall–Kier alpha value is -2.30. The largest absolute Gasteiger partial charge is 0.349 e.